The molecule has 0 unspecified atom stereocenters. The number of halogens is 1. The van der Waals surface area contributed by atoms with E-state index in [-0.39, 0.29) is 5.91 Å². The molecule has 0 radical (unpaired) electrons. The van der Waals surface area contributed by atoms with Gasteiger partial charge in [0.05, 0.1) is 17.9 Å². The first-order valence-corrected chi connectivity index (χ1v) is 7.40. The van der Waals surface area contributed by atoms with Gasteiger partial charge in [0.25, 0.3) is 0 Å². The van der Waals surface area contributed by atoms with Gasteiger partial charge in [-0.1, -0.05) is 46.3 Å². The lowest BCUT2D eigenvalue weighted by molar-refractivity contribution is -0.115. The Balaban J connectivity index is 1.79. The molecular formula is C16H15BrN2O. The Kier molecular flexibility index (Phi) is 3.74. The van der Waals surface area contributed by atoms with Crippen molar-refractivity contribution in [1.29, 1.82) is 0 Å². The van der Waals surface area contributed by atoms with Crippen LogP contribution in [0.25, 0.3) is 0 Å². The van der Waals surface area contributed by atoms with Crippen LogP contribution in [0.1, 0.15) is 5.56 Å². The van der Waals surface area contributed by atoms with E-state index in [4.69, 9.17) is 0 Å². The third kappa shape index (κ3) is 2.85. The first-order valence-electron chi connectivity index (χ1n) is 6.60. The van der Waals surface area contributed by atoms with Gasteiger partial charge in [0.2, 0.25) is 5.91 Å². The van der Waals surface area contributed by atoms with Crippen LogP contribution in [0.4, 0.5) is 11.4 Å². The van der Waals surface area contributed by atoms with Crippen LogP contribution in [-0.2, 0) is 11.2 Å². The van der Waals surface area contributed by atoms with E-state index < -0.39 is 0 Å². The minimum Gasteiger partial charge on any atom is -0.360 e. The second-order valence-corrected chi connectivity index (χ2v) is 5.78. The summed E-state index contributed by atoms with van der Waals surface area (Å²) in [5.41, 5.74) is 3.25. The molecule has 102 valence electrons. The first kappa shape index (κ1) is 13.2. The summed E-state index contributed by atoms with van der Waals surface area (Å²) in [7, 11) is 0. The van der Waals surface area contributed by atoms with Crippen LogP contribution in [0.15, 0.2) is 53.0 Å². The molecule has 0 fully saturated rings. The van der Waals surface area contributed by atoms with E-state index in [2.05, 4.69) is 38.3 Å². The van der Waals surface area contributed by atoms with Crippen molar-refractivity contribution in [3.8, 4) is 0 Å². The van der Waals surface area contributed by atoms with Crippen LogP contribution in [0, 0.1) is 0 Å². The van der Waals surface area contributed by atoms with Crippen LogP contribution in [0.3, 0.4) is 0 Å². The van der Waals surface area contributed by atoms with Crippen molar-refractivity contribution in [3.05, 3.63) is 58.6 Å². The molecule has 0 saturated heterocycles. The van der Waals surface area contributed by atoms with Gasteiger partial charge in [-0.25, -0.2) is 0 Å². The Morgan fingerprint density at radius 2 is 1.95 bits per heavy atom. The summed E-state index contributed by atoms with van der Waals surface area (Å²) in [4.78, 5) is 13.9. The Morgan fingerprint density at radius 1 is 1.15 bits per heavy atom. The van der Waals surface area contributed by atoms with E-state index in [0.717, 1.165) is 28.8 Å². The lowest BCUT2D eigenvalue weighted by atomic mass is 10.1. The average molecular weight is 331 g/mol. The SMILES string of the molecule is O=C1CN(CCc2ccccc2)c2ccc(Br)cc2N1. The third-order valence-electron chi connectivity index (χ3n) is 3.42. The number of hydrogen-bond donors (Lipinski definition) is 1. The predicted molar refractivity (Wildman–Crippen MR) is 85.1 cm³/mol. The maximum absolute atomic E-state index is 11.8. The zero-order chi connectivity index (χ0) is 13.9. The van der Waals surface area contributed by atoms with Gasteiger partial charge in [0.15, 0.2) is 0 Å². The van der Waals surface area contributed by atoms with E-state index in [9.17, 15) is 4.79 Å². The largest absolute Gasteiger partial charge is 0.360 e. The molecule has 3 rings (SSSR count). The van der Waals surface area contributed by atoms with Crippen LogP contribution < -0.4 is 10.2 Å². The lowest BCUT2D eigenvalue weighted by Crippen LogP contribution is -2.39. The van der Waals surface area contributed by atoms with Crippen molar-refractivity contribution >= 4 is 33.2 Å². The standard InChI is InChI=1S/C16H15BrN2O/c17-13-6-7-15-14(10-13)18-16(20)11-19(15)9-8-12-4-2-1-3-5-12/h1-7,10H,8-9,11H2,(H,18,20). The summed E-state index contributed by atoms with van der Waals surface area (Å²) >= 11 is 3.44. The summed E-state index contributed by atoms with van der Waals surface area (Å²) in [5.74, 6) is 0.0451. The van der Waals surface area contributed by atoms with Crippen molar-refractivity contribution in [2.75, 3.05) is 23.3 Å². The maximum atomic E-state index is 11.8. The molecule has 1 aliphatic heterocycles. The van der Waals surface area contributed by atoms with Gasteiger partial charge in [-0.15, -0.1) is 0 Å². The van der Waals surface area contributed by atoms with Crippen molar-refractivity contribution < 1.29 is 4.79 Å². The Bertz CT molecular complexity index is 628. The molecule has 0 atom stereocenters. The molecule has 1 heterocycles. The first-order chi connectivity index (χ1) is 9.72. The number of anilines is 2. The summed E-state index contributed by atoms with van der Waals surface area (Å²) < 4.78 is 0.974. The molecule has 20 heavy (non-hydrogen) atoms. The number of benzene rings is 2. The van der Waals surface area contributed by atoms with E-state index in [1.165, 1.54) is 5.56 Å². The van der Waals surface area contributed by atoms with Crippen molar-refractivity contribution in [2.45, 2.75) is 6.42 Å². The zero-order valence-corrected chi connectivity index (χ0v) is 12.6. The van der Waals surface area contributed by atoms with Crippen molar-refractivity contribution in [3.63, 3.8) is 0 Å². The van der Waals surface area contributed by atoms with Gasteiger partial charge >= 0.3 is 0 Å². The molecular weight excluding hydrogens is 316 g/mol. The lowest BCUT2D eigenvalue weighted by Gasteiger charge is -2.31. The molecule has 2 aromatic carbocycles. The number of nitrogens with zero attached hydrogens (tertiary/aromatic N) is 1. The second-order valence-electron chi connectivity index (χ2n) is 4.87. The fraction of sp³-hybridized carbons (Fsp3) is 0.188. The molecule has 0 bridgehead atoms. The topological polar surface area (TPSA) is 32.3 Å². The normalized spacial score (nSPS) is 13.8. The number of carbonyl (C=O) groups is 1. The maximum Gasteiger partial charge on any atom is 0.243 e. The van der Waals surface area contributed by atoms with Gasteiger partial charge in [0, 0.05) is 11.0 Å². The highest BCUT2D eigenvalue weighted by Crippen LogP contribution is 2.32. The quantitative estimate of drug-likeness (QED) is 0.934. The number of amides is 1. The fourth-order valence-corrected chi connectivity index (χ4v) is 2.80. The number of nitrogens with one attached hydrogen (secondary N) is 1. The van der Waals surface area contributed by atoms with Gasteiger partial charge in [-0.2, -0.15) is 0 Å². The smallest absolute Gasteiger partial charge is 0.243 e. The van der Waals surface area contributed by atoms with E-state index >= 15 is 0 Å². The molecule has 0 saturated carbocycles. The number of carbonyl (C=O) groups excluding carboxylic acids is 1. The van der Waals surface area contributed by atoms with Crippen LogP contribution in [0.2, 0.25) is 0 Å². The number of fused-ring (bicyclic) bond motifs is 1. The second kappa shape index (κ2) is 5.67. The van der Waals surface area contributed by atoms with Crippen LogP contribution in [0.5, 0.6) is 0 Å². The molecule has 2 aromatic rings. The van der Waals surface area contributed by atoms with Crippen molar-refractivity contribution in [1.82, 2.24) is 0 Å². The predicted octanol–water partition coefficient (Wildman–Crippen LogP) is 3.45. The van der Waals surface area contributed by atoms with Crippen LogP contribution >= 0.6 is 15.9 Å². The molecule has 3 nitrogen and oxygen atoms in total. The minimum absolute atomic E-state index is 0.0451. The molecule has 0 aromatic heterocycles. The molecule has 0 aliphatic carbocycles. The summed E-state index contributed by atoms with van der Waals surface area (Å²) in [5, 5.41) is 2.92. The van der Waals surface area contributed by atoms with Gasteiger partial charge in [-0.3, -0.25) is 4.79 Å². The zero-order valence-electron chi connectivity index (χ0n) is 11.0. The molecule has 1 N–H and O–H groups in total. The van der Waals surface area contributed by atoms with Crippen molar-refractivity contribution in [2.24, 2.45) is 0 Å². The minimum atomic E-state index is 0.0451. The third-order valence-corrected chi connectivity index (χ3v) is 3.91. The Morgan fingerprint density at radius 3 is 2.75 bits per heavy atom. The number of hydrogen-bond acceptors (Lipinski definition) is 2. The van der Waals surface area contributed by atoms with Gasteiger partial charge in [-0.05, 0) is 30.2 Å². The van der Waals surface area contributed by atoms with E-state index in [1.807, 2.05) is 36.4 Å². The summed E-state index contributed by atoms with van der Waals surface area (Å²) in [6.07, 6.45) is 0.934. The average Bonchev–Trinajstić information content (AvgIpc) is 2.45. The molecule has 4 heteroatoms. The van der Waals surface area contributed by atoms with E-state index in [1.54, 1.807) is 0 Å². The number of rotatable bonds is 3. The fourth-order valence-electron chi connectivity index (χ4n) is 2.44. The molecule has 0 spiro atoms. The molecule has 1 amide bonds. The monoisotopic (exact) mass is 330 g/mol. The molecule has 1 aliphatic rings. The van der Waals surface area contributed by atoms with E-state index in [0.29, 0.717) is 6.54 Å². The Hall–Kier alpha value is -1.81. The highest BCUT2D eigenvalue weighted by Gasteiger charge is 2.21. The highest BCUT2D eigenvalue weighted by atomic mass is 79.9. The summed E-state index contributed by atoms with van der Waals surface area (Å²) in [6.45, 7) is 1.26. The summed E-state index contributed by atoms with van der Waals surface area (Å²) in [6, 6.07) is 16.3. The van der Waals surface area contributed by atoms with Crippen LogP contribution in [-0.4, -0.2) is 19.0 Å². The van der Waals surface area contributed by atoms with Gasteiger partial charge < -0.3 is 10.2 Å². The highest BCUT2D eigenvalue weighted by molar-refractivity contribution is 9.10. The van der Waals surface area contributed by atoms with Gasteiger partial charge in [0.1, 0.15) is 0 Å². The Labute approximate surface area is 126 Å².